The van der Waals surface area contributed by atoms with Gasteiger partial charge in [0.2, 0.25) is 0 Å². The van der Waals surface area contributed by atoms with E-state index < -0.39 is 11.7 Å². The Kier molecular flexibility index (Phi) is 5.13. The summed E-state index contributed by atoms with van der Waals surface area (Å²) in [5.41, 5.74) is 5.42. The van der Waals surface area contributed by atoms with E-state index in [0.717, 1.165) is 39.1 Å². The van der Waals surface area contributed by atoms with E-state index in [2.05, 4.69) is 28.9 Å². The minimum atomic E-state index is -0.658. The van der Waals surface area contributed by atoms with Gasteiger partial charge in [0.15, 0.2) is 5.65 Å². The maximum atomic E-state index is 13.4. The molecule has 0 aromatic carbocycles. The standard InChI is InChI=1S/C22H27N5O3S/c1-11(2)16-17-20(31-15(9-28)25-17)27(21(29)30-22(5,6)7)18(16)14-8-26-19(23-10-24-26)13(4)12(14)3/h8,10-11,28H,9H2,1-7H3. The molecule has 4 aromatic heterocycles. The molecule has 8 nitrogen and oxygen atoms in total. The fraction of sp³-hybridized carbons (Fsp3) is 0.455. The monoisotopic (exact) mass is 441 g/mol. The van der Waals surface area contributed by atoms with E-state index in [4.69, 9.17) is 4.74 Å². The molecule has 4 rings (SSSR count). The molecule has 0 spiro atoms. The number of fused-ring (bicyclic) bond motifs is 2. The van der Waals surface area contributed by atoms with Gasteiger partial charge in [-0.2, -0.15) is 5.10 Å². The Bertz CT molecular complexity index is 1310. The second-order valence-electron chi connectivity index (χ2n) is 8.97. The quantitative estimate of drug-likeness (QED) is 0.490. The van der Waals surface area contributed by atoms with Crippen molar-refractivity contribution >= 4 is 33.4 Å². The number of aliphatic hydroxyl groups is 1. The first kappa shape index (κ1) is 21.5. The minimum absolute atomic E-state index is 0.0842. The Morgan fingerprint density at radius 2 is 1.97 bits per heavy atom. The number of hydrogen-bond acceptors (Lipinski definition) is 7. The van der Waals surface area contributed by atoms with Crippen molar-refractivity contribution in [1.29, 1.82) is 0 Å². The van der Waals surface area contributed by atoms with Gasteiger partial charge in [0.25, 0.3) is 0 Å². The molecule has 4 aromatic rings. The third-order valence-electron chi connectivity index (χ3n) is 5.26. The molecule has 0 aliphatic rings. The van der Waals surface area contributed by atoms with Crippen molar-refractivity contribution in [2.24, 2.45) is 0 Å². The SMILES string of the molecule is Cc1c(-c2c(C(C)C)c3nc(CO)sc3n2C(=O)OC(C)(C)C)cn2ncnc2c1C. The Morgan fingerprint density at radius 3 is 2.58 bits per heavy atom. The Morgan fingerprint density at radius 1 is 1.26 bits per heavy atom. The zero-order valence-electron chi connectivity index (χ0n) is 18.8. The predicted molar refractivity (Wildman–Crippen MR) is 121 cm³/mol. The van der Waals surface area contributed by atoms with Gasteiger partial charge in [0, 0.05) is 17.3 Å². The largest absolute Gasteiger partial charge is 0.443 e. The minimum Gasteiger partial charge on any atom is -0.443 e. The number of thiazole rings is 1. The van der Waals surface area contributed by atoms with Gasteiger partial charge in [-0.3, -0.25) is 0 Å². The first-order valence-corrected chi connectivity index (χ1v) is 11.0. The highest BCUT2D eigenvalue weighted by molar-refractivity contribution is 7.18. The Labute approximate surface area is 184 Å². The summed E-state index contributed by atoms with van der Waals surface area (Å²) in [7, 11) is 0. The van der Waals surface area contributed by atoms with Crippen LogP contribution >= 0.6 is 11.3 Å². The van der Waals surface area contributed by atoms with Crippen LogP contribution in [0.1, 0.15) is 62.2 Å². The van der Waals surface area contributed by atoms with Crippen molar-refractivity contribution in [3.63, 3.8) is 0 Å². The molecule has 0 unspecified atom stereocenters. The molecule has 0 amide bonds. The number of pyridine rings is 1. The highest BCUT2D eigenvalue weighted by Crippen LogP contribution is 2.42. The van der Waals surface area contributed by atoms with Crippen LogP contribution in [0, 0.1) is 13.8 Å². The summed E-state index contributed by atoms with van der Waals surface area (Å²) in [5, 5.41) is 14.6. The summed E-state index contributed by atoms with van der Waals surface area (Å²) in [5.74, 6) is 0.0842. The maximum Gasteiger partial charge on any atom is 0.420 e. The lowest BCUT2D eigenvalue weighted by molar-refractivity contribution is 0.0547. The van der Waals surface area contributed by atoms with Crippen molar-refractivity contribution in [2.45, 2.75) is 66.6 Å². The second-order valence-corrected chi connectivity index (χ2v) is 10.0. The molecule has 4 heterocycles. The molecule has 0 atom stereocenters. The van der Waals surface area contributed by atoms with Crippen molar-refractivity contribution in [2.75, 3.05) is 0 Å². The average Bonchev–Trinajstić information content (AvgIpc) is 3.35. The molecule has 0 saturated heterocycles. The zero-order valence-corrected chi connectivity index (χ0v) is 19.7. The molecule has 0 aliphatic heterocycles. The number of aromatic nitrogens is 5. The topological polar surface area (TPSA) is 94.5 Å². The van der Waals surface area contributed by atoms with Gasteiger partial charge in [-0.1, -0.05) is 25.2 Å². The highest BCUT2D eigenvalue weighted by atomic mass is 32.1. The molecule has 0 aliphatic carbocycles. The third-order valence-corrected chi connectivity index (χ3v) is 6.29. The third kappa shape index (κ3) is 3.51. The van der Waals surface area contributed by atoms with Crippen LogP contribution in [0.15, 0.2) is 12.5 Å². The van der Waals surface area contributed by atoms with Gasteiger partial charge in [-0.05, 0) is 51.7 Å². The summed E-state index contributed by atoms with van der Waals surface area (Å²) in [6.45, 7) is 13.5. The summed E-state index contributed by atoms with van der Waals surface area (Å²) >= 11 is 1.31. The van der Waals surface area contributed by atoms with Crippen molar-refractivity contribution in [3.8, 4) is 11.3 Å². The summed E-state index contributed by atoms with van der Waals surface area (Å²) in [6, 6.07) is 0. The van der Waals surface area contributed by atoms with Crippen LogP contribution in [-0.4, -0.2) is 40.9 Å². The van der Waals surface area contributed by atoms with Gasteiger partial charge in [0.05, 0.1) is 12.3 Å². The molecule has 0 radical (unpaired) electrons. The normalized spacial score (nSPS) is 12.4. The van der Waals surface area contributed by atoms with Gasteiger partial charge < -0.3 is 9.84 Å². The molecule has 0 fully saturated rings. The first-order valence-electron chi connectivity index (χ1n) is 10.2. The number of ether oxygens (including phenoxy) is 1. The number of rotatable bonds is 3. The molecule has 31 heavy (non-hydrogen) atoms. The van der Waals surface area contributed by atoms with Crippen LogP contribution in [-0.2, 0) is 11.3 Å². The fourth-order valence-corrected chi connectivity index (χ4v) is 4.75. The lowest BCUT2D eigenvalue weighted by Crippen LogP contribution is -2.27. The molecule has 164 valence electrons. The molecule has 0 bridgehead atoms. The molecular weight excluding hydrogens is 414 g/mol. The molecule has 1 N–H and O–H groups in total. The first-order chi connectivity index (χ1) is 14.5. The van der Waals surface area contributed by atoms with Crippen molar-refractivity contribution in [1.82, 2.24) is 24.1 Å². The van der Waals surface area contributed by atoms with E-state index in [1.165, 1.54) is 17.7 Å². The van der Waals surface area contributed by atoms with Crippen LogP contribution in [0.3, 0.4) is 0 Å². The van der Waals surface area contributed by atoms with Crippen LogP contribution < -0.4 is 0 Å². The van der Waals surface area contributed by atoms with E-state index in [0.29, 0.717) is 9.84 Å². The lowest BCUT2D eigenvalue weighted by Gasteiger charge is -2.22. The maximum absolute atomic E-state index is 13.4. The van der Waals surface area contributed by atoms with Crippen LogP contribution in [0.25, 0.3) is 27.3 Å². The average molecular weight is 442 g/mol. The number of nitrogens with zero attached hydrogens (tertiary/aromatic N) is 5. The predicted octanol–water partition coefficient (Wildman–Crippen LogP) is 4.82. The van der Waals surface area contributed by atoms with E-state index in [1.54, 1.807) is 9.08 Å². The van der Waals surface area contributed by atoms with Crippen LogP contribution in [0.2, 0.25) is 0 Å². The van der Waals surface area contributed by atoms with E-state index in [-0.39, 0.29) is 12.5 Å². The van der Waals surface area contributed by atoms with Crippen molar-refractivity contribution in [3.05, 3.63) is 34.2 Å². The number of carbonyl (C=O) groups excluding carboxylic acids is 1. The molecule has 0 saturated carbocycles. The zero-order chi connectivity index (χ0) is 22.7. The fourth-order valence-electron chi connectivity index (χ4n) is 3.82. The Balaban J connectivity index is 2.12. The number of hydrogen-bond donors (Lipinski definition) is 1. The number of carbonyl (C=O) groups is 1. The number of aryl methyl sites for hydroxylation is 1. The molecular formula is C22H27N5O3S. The lowest BCUT2D eigenvalue weighted by atomic mass is 9.95. The second kappa shape index (κ2) is 7.42. The van der Waals surface area contributed by atoms with E-state index >= 15 is 0 Å². The van der Waals surface area contributed by atoms with Gasteiger partial charge in [-0.15, -0.1) is 0 Å². The Hall–Kier alpha value is -2.78. The summed E-state index contributed by atoms with van der Waals surface area (Å²) in [4.78, 5) is 23.1. The van der Waals surface area contributed by atoms with Crippen LogP contribution in [0.5, 0.6) is 0 Å². The van der Waals surface area contributed by atoms with Gasteiger partial charge in [-0.25, -0.2) is 23.8 Å². The number of aliphatic hydroxyl groups excluding tert-OH is 1. The van der Waals surface area contributed by atoms with E-state index in [9.17, 15) is 9.90 Å². The van der Waals surface area contributed by atoms with Gasteiger partial charge in [0.1, 0.15) is 27.3 Å². The smallest absolute Gasteiger partial charge is 0.420 e. The van der Waals surface area contributed by atoms with Crippen molar-refractivity contribution < 1.29 is 14.6 Å². The van der Waals surface area contributed by atoms with E-state index in [1.807, 2.05) is 40.8 Å². The summed E-state index contributed by atoms with van der Waals surface area (Å²) < 4.78 is 9.12. The summed E-state index contributed by atoms with van der Waals surface area (Å²) in [6.07, 6.45) is 2.96. The van der Waals surface area contributed by atoms with Crippen LogP contribution in [0.4, 0.5) is 4.79 Å². The van der Waals surface area contributed by atoms with Gasteiger partial charge >= 0.3 is 6.09 Å². The highest BCUT2D eigenvalue weighted by Gasteiger charge is 2.31. The molecule has 9 heteroatoms.